The Morgan fingerprint density at radius 3 is 2.76 bits per heavy atom. The summed E-state index contributed by atoms with van der Waals surface area (Å²) in [5, 5.41) is 7.64. The number of hydrogen-bond donors (Lipinski definition) is 1. The van der Waals surface area contributed by atoms with Crippen molar-refractivity contribution in [1.82, 2.24) is 25.0 Å². The van der Waals surface area contributed by atoms with Crippen molar-refractivity contribution in [1.29, 1.82) is 0 Å². The number of likely N-dealkylation sites (tertiary alicyclic amines) is 1. The highest BCUT2D eigenvalue weighted by Crippen LogP contribution is 2.40. The Bertz CT molecular complexity index is 1040. The number of carbonyl (C=O) groups is 2. The third-order valence-corrected chi connectivity index (χ3v) is 6.73. The number of morpholine rings is 1. The van der Waals surface area contributed by atoms with E-state index in [1.165, 1.54) is 11.3 Å². The van der Waals surface area contributed by atoms with E-state index in [2.05, 4.69) is 15.2 Å². The predicted molar refractivity (Wildman–Crippen MR) is 108 cm³/mol. The van der Waals surface area contributed by atoms with Gasteiger partial charge in [0.2, 0.25) is 0 Å². The van der Waals surface area contributed by atoms with Gasteiger partial charge in [0.25, 0.3) is 11.8 Å². The van der Waals surface area contributed by atoms with Crippen molar-refractivity contribution < 1.29 is 14.3 Å². The largest absolute Gasteiger partial charge is 0.378 e. The van der Waals surface area contributed by atoms with E-state index < -0.39 is 0 Å². The second kappa shape index (κ2) is 7.57. The topological polar surface area (TPSA) is 91.4 Å². The number of rotatable bonds is 3. The molecule has 3 aromatic heterocycles. The number of amides is 2. The van der Waals surface area contributed by atoms with Gasteiger partial charge in [-0.15, -0.1) is 11.3 Å². The number of nitrogens with zero attached hydrogens (tertiary/aromatic N) is 4. The fourth-order valence-electron chi connectivity index (χ4n) is 4.15. The zero-order valence-corrected chi connectivity index (χ0v) is 16.7. The van der Waals surface area contributed by atoms with E-state index in [1.54, 1.807) is 18.5 Å². The number of fused-ring (bicyclic) bond motifs is 1. The molecule has 0 bridgehead atoms. The second-order valence-electron chi connectivity index (χ2n) is 7.31. The Morgan fingerprint density at radius 2 is 1.97 bits per heavy atom. The maximum atomic E-state index is 13.3. The third kappa shape index (κ3) is 3.30. The number of aromatic nitrogens is 3. The Balaban J connectivity index is 1.47. The van der Waals surface area contributed by atoms with Gasteiger partial charge in [0.1, 0.15) is 10.5 Å². The first-order valence-corrected chi connectivity index (χ1v) is 10.6. The van der Waals surface area contributed by atoms with E-state index in [1.807, 2.05) is 21.9 Å². The Morgan fingerprint density at radius 1 is 1.10 bits per heavy atom. The number of H-pyrrole nitrogens is 1. The lowest BCUT2D eigenvalue weighted by molar-refractivity contribution is 0.0305. The summed E-state index contributed by atoms with van der Waals surface area (Å²) >= 11 is 1.46. The van der Waals surface area contributed by atoms with Crippen LogP contribution in [-0.4, -0.2) is 76.2 Å². The molecule has 150 valence electrons. The summed E-state index contributed by atoms with van der Waals surface area (Å²) in [6, 6.07) is 5.63. The van der Waals surface area contributed by atoms with Crippen molar-refractivity contribution in [2.75, 3.05) is 39.4 Å². The molecule has 8 nitrogen and oxygen atoms in total. The molecule has 29 heavy (non-hydrogen) atoms. The molecule has 1 atom stereocenters. The maximum absolute atomic E-state index is 13.3. The molecule has 0 saturated carbocycles. The minimum absolute atomic E-state index is 0.0460. The predicted octanol–water partition coefficient (Wildman–Crippen LogP) is 2.12. The maximum Gasteiger partial charge on any atom is 0.271 e. The number of hydrogen-bond acceptors (Lipinski definition) is 6. The van der Waals surface area contributed by atoms with Gasteiger partial charge in [0, 0.05) is 49.9 Å². The molecule has 0 unspecified atom stereocenters. The second-order valence-corrected chi connectivity index (χ2v) is 8.31. The first kappa shape index (κ1) is 18.3. The van der Waals surface area contributed by atoms with Gasteiger partial charge in [-0.2, -0.15) is 5.10 Å². The summed E-state index contributed by atoms with van der Waals surface area (Å²) in [6.45, 7) is 3.59. The van der Waals surface area contributed by atoms with E-state index in [0.717, 1.165) is 27.1 Å². The molecule has 9 heteroatoms. The monoisotopic (exact) mass is 411 g/mol. The van der Waals surface area contributed by atoms with Crippen molar-refractivity contribution in [3.63, 3.8) is 0 Å². The van der Waals surface area contributed by atoms with Gasteiger partial charge in [-0.25, -0.2) is 4.98 Å². The molecule has 0 aromatic carbocycles. The van der Waals surface area contributed by atoms with Gasteiger partial charge in [0.15, 0.2) is 0 Å². The van der Waals surface area contributed by atoms with Crippen molar-refractivity contribution in [3.05, 3.63) is 46.7 Å². The molecule has 3 aromatic rings. The van der Waals surface area contributed by atoms with Gasteiger partial charge in [-0.05, 0) is 24.1 Å². The average Bonchev–Trinajstić information content (AvgIpc) is 3.52. The van der Waals surface area contributed by atoms with Gasteiger partial charge < -0.3 is 14.5 Å². The van der Waals surface area contributed by atoms with Gasteiger partial charge in [-0.3, -0.25) is 14.7 Å². The molecule has 0 radical (unpaired) electrons. The van der Waals surface area contributed by atoms with Gasteiger partial charge in [-0.1, -0.05) is 6.07 Å². The highest BCUT2D eigenvalue weighted by molar-refractivity contribution is 7.20. The van der Waals surface area contributed by atoms with Crippen LogP contribution < -0.4 is 0 Å². The number of nitrogens with one attached hydrogen (secondary N) is 1. The molecule has 2 aliphatic rings. The van der Waals surface area contributed by atoms with Crippen molar-refractivity contribution in [2.24, 2.45) is 0 Å². The molecule has 2 aliphatic heterocycles. The Labute approximate surface area is 171 Å². The summed E-state index contributed by atoms with van der Waals surface area (Å²) in [5.74, 6) is 0.105. The molecule has 2 fully saturated rings. The van der Waals surface area contributed by atoms with Crippen molar-refractivity contribution in [2.45, 2.75) is 12.3 Å². The third-order valence-electron chi connectivity index (χ3n) is 5.61. The Kier molecular flexibility index (Phi) is 4.76. The fourth-order valence-corrected chi connectivity index (χ4v) is 5.35. The van der Waals surface area contributed by atoms with Gasteiger partial charge in [0.05, 0.1) is 18.1 Å². The molecular formula is C20H21N5O3S. The van der Waals surface area contributed by atoms with Crippen molar-refractivity contribution in [3.8, 4) is 0 Å². The van der Waals surface area contributed by atoms with Gasteiger partial charge >= 0.3 is 0 Å². The van der Waals surface area contributed by atoms with E-state index in [0.29, 0.717) is 45.1 Å². The highest BCUT2D eigenvalue weighted by atomic mass is 32.1. The lowest BCUT2D eigenvalue weighted by atomic mass is 9.95. The minimum Gasteiger partial charge on any atom is -0.378 e. The number of carbonyl (C=O) groups excluding carboxylic acids is 2. The highest BCUT2D eigenvalue weighted by Gasteiger charge is 2.34. The number of thiophene rings is 1. The summed E-state index contributed by atoms with van der Waals surface area (Å²) in [4.78, 5) is 35.8. The quantitative estimate of drug-likeness (QED) is 0.713. The number of aromatic amines is 1. The molecule has 5 heterocycles. The van der Waals surface area contributed by atoms with Crippen LogP contribution in [0.1, 0.15) is 38.1 Å². The molecule has 2 amide bonds. The average molecular weight is 411 g/mol. The first-order chi connectivity index (χ1) is 14.2. The molecular weight excluding hydrogens is 390 g/mol. The zero-order chi connectivity index (χ0) is 19.8. The van der Waals surface area contributed by atoms with E-state index in [9.17, 15) is 9.59 Å². The number of ether oxygens (including phenoxy) is 1. The van der Waals surface area contributed by atoms with Crippen LogP contribution in [0.3, 0.4) is 0 Å². The standard InChI is InChI=1S/C20H21N5O3S/c26-19(15-3-6-22-23-15)25-7-4-13(12-25)16-14-2-1-5-21-18(14)29-17(16)20(27)24-8-10-28-11-9-24/h1-3,5-6,13H,4,7-12H2,(H,22,23)/t13-/m0/s1. The molecule has 1 N–H and O–H groups in total. The lowest BCUT2D eigenvalue weighted by Crippen LogP contribution is -2.40. The van der Waals surface area contributed by atoms with E-state index in [4.69, 9.17) is 4.74 Å². The molecule has 0 aliphatic carbocycles. The van der Waals surface area contributed by atoms with Crippen LogP contribution in [-0.2, 0) is 4.74 Å². The van der Waals surface area contributed by atoms with Crippen LogP contribution in [0.25, 0.3) is 10.2 Å². The van der Waals surface area contributed by atoms with Crippen molar-refractivity contribution >= 4 is 33.4 Å². The van der Waals surface area contributed by atoms with Crippen LogP contribution in [0.15, 0.2) is 30.6 Å². The van der Waals surface area contributed by atoms with E-state index >= 15 is 0 Å². The van der Waals surface area contributed by atoms with Crippen LogP contribution >= 0.6 is 11.3 Å². The van der Waals surface area contributed by atoms with Crippen LogP contribution in [0.2, 0.25) is 0 Å². The molecule has 5 rings (SSSR count). The van der Waals surface area contributed by atoms with E-state index in [-0.39, 0.29) is 17.7 Å². The lowest BCUT2D eigenvalue weighted by Gasteiger charge is -2.27. The summed E-state index contributed by atoms with van der Waals surface area (Å²) in [5.41, 5.74) is 1.53. The van der Waals surface area contributed by atoms with Crippen LogP contribution in [0.5, 0.6) is 0 Å². The zero-order valence-electron chi connectivity index (χ0n) is 15.8. The smallest absolute Gasteiger partial charge is 0.271 e. The molecule has 0 spiro atoms. The van der Waals surface area contributed by atoms with Crippen LogP contribution in [0, 0.1) is 0 Å². The summed E-state index contributed by atoms with van der Waals surface area (Å²) in [7, 11) is 0. The SMILES string of the molecule is O=C(c1ccn[nH]1)N1CC[C@H](c2c(C(=O)N3CCOCC3)sc3ncccc23)C1. The normalized spacial score (nSPS) is 19.8. The fraction of sp³-hybridized carbons (Fsp3) is 0.400. The molecule has 2 saturated heterocycles. The first-order valence-electron chi connectivity index (χ1n) is 9.75. The van der Waals surface area contributed by atoms with Crippen LogP contribution in [0.4, 0.5) is 0 Å². The summed E-state index contributed by atoms with van der Waals surface area (Å²) in [6.07, 6.45) is 4.16. The minimum atomic E-state index is -0.0521. The number of pyridine rings is 1. The summed E-state index contributed by atoms with van der Waals surface area (Å²) < 4.78 is 5.40. The Hall–Kier alpha value is -2.78.